The van der Waals surface area contributed by atoms with Crippen molar-refractivity contribution in [2.75, 3.05) is 13.1 Å². The van der Waals surface area contributed by atoms with Crippen LogP contribution in [0.2, 0.25) is 0 Å². The van der Waals surface area contributed by atoms with Crippen LogP contribution in [-0.2, 0) is 16.0 Å². The standard InChI is InChI=1S/C14H16N2O2S/c1-9-14(18)16(13(17)7-15-9)8-11-6-10-4-2-3-5-12(10)19-11/h2-5,9,11,15H,6-8H2,1H3. The van der Waals surface area contributed by atoms with Crippen molar-refractivity contribution < 1.29 is 9.59 Å². The topological polar surface area (TPSA) is 49.4 Å². The van der Waals surface area contributed by atoms with E-state index in [1.54, 1.807) is 18.7 Å². The molecule has 5 heteroatoms. The summed E-state index contributed by atoms with van der Waals surface area (Å²) in [5.74, 6) is -0.215. The molecule has 0 radical (unpaired) electrons. The third-order valence-corrected chi connectivity index (χ3v) is 4.90. The predicted molar refractivity (Wildman–Crippen MR) is 74.0 cm³/mol. The first-order chi connectivity index (χ1) is 9.15. The van der Waals surface area contributed by atoms with Gasteiger partial charge in [-0.05, 0) is 25.0 Å². The van der Waals surface area contributed by atoms with Crippen LogP contribution in [0.25, 0.3) is 0 Å². The van der Waals surface area contributed by atoms with Crippen LogP contribution in [0.5, 0.6) is 0 Å². The fourth-order valence-corrected chi connectivity index (χ4v) is 3.84. The molecule has 1 N–H and O–H groups in total. The minimum absolute atomic E-state index is 0.104. The number of benzene rings is 1. The Balaban J connectivity index is 1.70. The number of nitrogens with zero attached hydrogens (tertiary/aromatic N) is 1. The molecular formula is C14H16N2O2S. The second kappa shape index (κ2) is 4.98. The summed E-state index contributed by atoms with van der Waals surface area (Å²) in [4.78, 5) is 26.6. The van der Waals surface area contributed by atoms with E-state index in [4.69, 9.17) is 0 Å². The van der Waals surface area contributed by atoms with Gasteiger partial charge in [0.05, 0.1) is 12.6 Å². The normalized spacial score (nSPS) is 26.7. The maximum Gasteiger partial charge on any atom is 0.246 e. The molecule has 1 fully saturated rings. The highest BCUT2D eigenvalue weighted by Gasteiger charge is 2.34. The minimum atomic E-state index is -0.258. The zero-order valence-corrected chi connectivity index (χ0v) is 11.6. The molecule has 0 aromatic heterocycles. The van der Waals surface area contributed by atoms with Crippen LogP contribution < -0.4 is 5.32 Å². The Hall–Kier alpha value is -1.33. The lowest BCUT2D eigenvalue weighted by atomic mass is 10.1. The number of fused-ring (bicyclic) bond motifs is 1. The monoisotopic (exact) mass is 276 g/mol. The molecule has 2 unspecified atom stereocenters. The molecule has 0 saturated carbocycles. The lowest BCUT2D eigenvalue weighted by molar-refractivity contribution is -0.148. The number of nitrogens with one attached hydrogen (secondary N) is 1. The number of carbonyl (C=O) groups excluding carboxylic acids is 2. The fraction of sp³-hybridized carbons (Fsp3) is 0.429. The van der Waals surface area contributed by atoms with Crippen molar-refractivity contribution in [3.05, 3.63) is 29.8 Å². The third kappa shape index (κ3) is 2.40. The fourth-order valence-electron chi connectivity index (χ4n) is 2.53. The maximum absolute atomic E-state index is 12.0. The first-order valence-electron chi connectivity index (χ1n) is 6.47. The number of hydrogen-bond acceptors (Lipinski definition) is 4. The summed E-state index contributed by atoms with van der Waals surface area (Å²) in [6, 6.07) is 8.02. The highest BCUT2D eigenvalue weighted by Crippen LogP contribution is 2.37. The van der Waals surface area contributed by atoms with Crippen LogP contribution in [0.4, 0.5) is 0 Å². The van der Waals surface area contributed by atoms with Crippen LogP contribution in [0.15, 0.2) is 29.2 Å². The van der Waals surface area contributed by atoms with E-state index in [-0.39, 0.29) is 29.7 Å². The van der Waals surface area contributed by atoms with E-state index in [9.17, 15) is 9.59 Å². The van der Waals surface area contributed by atoms with Gasteiger partial charge in [-0.15, -0.1) is 11.8 Å². The zero-order chi connectivity index (χ0) is 13.4. The first kappa shape index (κ1) is 12.7. The van der Waals surface area contributed by atoms with E-state index in [0.717, 1.165) is 6.42 Å². The van der Waals surface area contributed by atoms with Crippen molar-refractivity contribution in [3.8, 4) is 0 Å². The van der Waals surface area contributed by atoms with Gasteiger partial charge in [0.1, 0.15) is 0 Å². The molecule has 2 aliphatic rings. The van der Waals surface area contributed by atoms with Gasteiger partial charge in [0.2, 0.25) is 11.8 Å². The van der Waals surface area contributed by atoms with Crippen molar-refractivity contribution in [1.82, 2.24) is 10.2 Å². The predicted octanol–water partition coefficient (Wildman–Crippen LogP) is 1.05. The zero-order valence-electron chi connectivity index (χ0n) is 10.8. The first-order valence-corrected chi connectivity index (χ1v) is 7.35. The second-order valence-corrected chi connectivity index (χ2v) is 6.34. The molecule has 4 nitrogen and oxygen atoms in total. The van der Waals surface area contributed by atoms with Crippen molar-refractivity contribution >= 4 is 23.6 Å². The number of imide groups is 1. The van der Waals surface area contributed by atoms with E-state index in [0.29, 0.717) is 6.54 Å². The van der Waals surface area contributed by atoms with Crippen LogP contribution in [-0.4, -0.2) is 41.1 Å². The molecule has 100 valence electrons. The highest BCUT2D eigenvalue weighted by atomic mass is 32.2. The third-order valence-electron chi connectivity index (χ3n) is 3.60. The van der Waals surface area contributed by atoms with E-state index >= 15 is 0 Å². The Labute approximate surface area is 116 Å². The number of piperazine rings is 1. The van der Waals surface area contributed by atoms with Crippen molar-refractivity contribution in [1.29, 1.82) is 0 Å². The number of rotatable bonds is 2. The Morgan fingerprint density at radius 2 is 2.16 bits per heavy atom. The average molecular weight is 276 g/mol. The SMILES string of the molecule is CC1NCC(=O)N(CC2Cc3ccccc3S2)C1=O. The van der Waals surface area contributed by atoms with Gasteiger partial charge in [-0.3, -0.25) is 19.8 Å². The van der Waals surface area contributed by atoms with Gasteiger partial charge in [-0.2, -0.15) is 0 Å². The van der Waals surface area contributed by atoms with Crippen LogP contribution in [0.1, 0.15) is 12.5 Å². The number of thioether (sulfide) groups is 1. The summed E-state index contributed by atoms with van der Waals surface area (Å²) in [6.07, 6.45) is 0.930. The maximum atomic E-state index is 12.0. The van der Waals surface area contributed by atoms with Gasteiger partial charge in [0.25, 0.3) is 0 Å². The molecule has 1 saturated heterocycles. The smallest absolute Gasteiger partial charge is 0.246 e. The highest BCUT2D eigenvalue weighted by molar-refractivity contribution is 8.00. The van der Waals surface area contributed by atoms with Crippen LogP contribution in [0.3, 0.4) is 0 Å². The molecule has 0 bridgehead atoms. The van der Waals surface area contributed by atoms with E-state index < -0.39 is 0 Å². The summed E-state index contributed by atoms with van der Waals surface area (Å²) in [6.45, 7) is 2.58. The molecule has 2 amide bonds. The number of hydrogen-bond donors (Lipinski definition) is 1. The van der Waals surface area contributed by atoms with Crippen molar-refractivity contribution in [2.24, 2.45) is 0 Å². The molecule has 2 aliphatic heterocycles. The molecule has 3 rings (SSSR count). The second-order valence-electron chi connectivity index (χ2n) is 5.00. The van der Waals surface area contributed by atoms with Gasteiger partial charge in [0.15, 0.2) is 0 Å². The molecule has 2 atom stereocenters. The average Bonchev–Trinajstić information content (AvgIpc) is 2.81. The largest absolute Gasteiger partial charge is 0.298 e. The summed E-state index contributed by atoms with van der Waals surface area (Å²) in [7, 11) is 0. The Morgan fingerprint density at radius 3 is 2.95 bits per heavy atom. The molecule has 0 aliphatic carbocycles. The molecule has 0 spiro atoms. The minimum Gasteiger partial charge on any atom is -0.298 e. The van der Waals surface area contributed by atoms with Gasteiger partial charge in [-0.25, -0.2) is 0 Å². The van der Waals surface area contributed by atoms with Crippen molar-refractivity contribution in [2.45, 2.75) is 29.5 Å². The van der Waals surface area contributed by atoms with Gasteiger partial charge >= 0.3 is 0 Å². The van der Waals surface area contributed by atoms with E-state index in [2.05, 4.69) is 17.4 Å². The van der Waals surface area contributed by atoms with E-state index in [1.807, 2.05) is 12.1 Å². The van der Waals surface area contributed by atoms with Gasteiger partial charge < -0.3 is 0 Å². The lowest BCUT2D eigenvalue weighted by Crippen LogP contribution is -2.58. The van der Waals surface area contributed by atoms with Crippen LogP contribution in [0, 0.1) is 0 Å². The lowest BCUT2D eigenvalue weighted by Gasteiger charge is -2.31. The summed E-state index contributed by atoms with van der Waals surface area (Å²) in [5, 5.41) is 3.19. The Kier molecular flexibility index (Phi) is 3.33. The molecule has 1 aromatic carbocycles. The molecule has 19 heavy (non-hydrogen) atoms. The summed E-state index contributed by atoms with van der Waals surface area (Å²) >= 11 is 1.77. The molecular weight excluding hydrogens is 260 g/mol. The number of carbonyl (C=O) groups is 2. The summed E-state index contributed by atoms with van der Waals surface area (Å²) < 4.78 is 0. The Morgan fingerprint density at radius 1 is 1.37 bits per heavy atom. The summed E-state index contributed by atoms with van der Waals surface area (Å²) in [5.41, 5.74) is 1.32. The number of amides is 2. The van der Waals surface area contributed by atoms with Gasteiger partial charge in [-0.1, -0.05) is 18.2 Å². The van der Waals surface area contributed by atoms with Crippen molar-refractivity contribution in [3.63, 3.8) is 0 Å². The Bertz CT molecular complexity index is 507. The quantitative estimate of drug-likeness (QED) is 0.820. The van der Waals surface area contributed by atoms with E-state index in [1.165, 1.54) is 15.4 Å². The van der Waals surface area contributed by atoms with Crippen LogP contribution >= 0.6 is 11.8 Å². The molecule has 2 heterocycles. The van der Waals surface area contributed by atoms with Gasteiger partial charge in [0, 0.05) is 16.7 Å². The molecule has 1 aromatic rings.